The molecule has 0 aliphatic heterocycles. The predicted octanol–water partition coefficient (Wildman–Crippen LogP) is 3.43. The van der Waals surface area contributed by atoms with Crippen molar-refractivity contribution >= 4 is 5.97 Å². The number of carbonyl (C=O) groups excluding carboxylic acids is 1. The van der Waals surface area contributed by atoms with Gasteiger partial charge in [-0.3, -0.25) is 0 Å². The normalized spacial score (nSPS) is 13.0. The van der Waals surface area contributed by atoms with E-state index >= 15 is 0 Å². The Balaban J connectivity index is 2.29. The van der Waals surface area contributed by atoms with Crippen molar-refractivity contribution in [3.8, 4) is 5.69 Å². The number of hydrogen-bond donors (Lipinski definition) is 0. The molecule has 1 atom stereocenters. The van der Waals surface area contributed by atoms with E-state index in [0.717, 1.165) is 17.8 Å². The molecule has 0 spiro atoms. The van der Waals surface area contributed by atoms with Crippen LogP contribution in [0, 0.1) is 12.7 Å². The fraction of sp³-hybridized carbons (Fsp3) is 0.286. The van der Waals surface area contributed by atoms with Crippen LogP contribution in [0.25, 0.3) is 5.69 Å². The molecule has 2 rings (SSSR count). The van der Waals surface area contributed by atoms with Crippen molar-refractivity contribution in [2.75, 3.05) is 0 Å². The number of esters is 1. The van der Waals surface area contributed by atoms with Gasteiger partial charge in [0.1, 0.15) is 17.1 Å². The van der Waals surface area contributed by atoms with Gasteiger partial charge in [0.05, 0.1) is 11.9 Å². The van der Waals surface area contributed by atoms with E-state index in [4.69, 9.17) is 0 Å². The summed E-state index contributed by atoms with van der Waals surface area (Å²) in [6, 6.07) is 5.70. The molecule has 0 bridgehead atoms. The quantitative estimate of drug-likeness (QED) is 0.644. The van der Waals surface area contributed by atoms with Gasteiger partial charge in [-0.1, -0.05) is 12.1 Å². The summed E-state index contributed by atoms with van der Waals surface area (Å²) in [4.78, 5) is 11.8. The molecule has 8 heteroatoms. The topological polar surface area (TPSA) is 44.1 Å². The van der Waals surface area contributed by atoms with Crippen LogP contribution in [0.4, 0.5) is 17.6 Å². The summed E-state index contributed by atoms with van der Waals surface area (Å²) in [6.45, 7) is 2.17. The average Bonchev–Trinajstić information content (AvgIpc) is 2.80. The van der Waals surface area contributed by atoms with Crippen LogP contribution in [-0.4, -0.2) is 28.0 Å². The van der Waals surface area contributed by atoms with Crippen LogP contribution < -0.4 is 0 Å². The molecule has 0 fully saturated rings. The van der Waals surface area contributed by atoms with Gasteiger partial charge in [-0.25, -0.2) is 13.9 Å². The third-order valence-corrected chi connectivity index (χ3v) is 3.06. The number of alkyl halides is 3. The third-order valence-electron chi connectivity index (χ3n) is 3.06. The number of benzene rings is 1. The van der Waals surface area contributed by atoms with Gasteiger partial charge in [-0.05, 0) is 26.0 Å². The highest BCUT2D eigenvalue weighted by molar-refractivity contribution is 5.90. The van der Waals surface area contributed by atoms with E-state index in [0.29, 0.717) is 0 Å². The van der Waals surface area contributed by atoms with Gasteiger partial charge in [0.2, 0.25) is 0 Å². The monoisotopic (exact) mass is 316 g/mol. The van der Waals surface area contributed by atoms with E-state index in [9.17, 15) is 22.4 Å². The molecule has 0 unspecified atom stereocenters. The molecule has 22 heavy (non-hydrogen) atoms. The standard InChI is InChI=1S/C14H12F4N2O2/c1-8-10(13(21)22-9(2)14(16,17)18)7-19-20(8)12-6-4-3-5-11(12)15/h3-7,9H,1-2H3/t9-/m0/s1. The first-order valence-corrected chi connectivity index (χ1v) is 6.29. The van der Waals surface area contributed by atoms with Crippen molar-refractivity contribution in [2.24, 2.45) is 0 Å². The molecular weight excluding hydrogens is 304 g/mol. The molecule has 1 aromatic heterocycles. The minimum Gasteiger partial charge on any atom is -0.449 e. The molecule has 0 aliphatic rings. The number of aromatic nitrogens is 2. The van der Waals surface area contributed by atoms with Crippen molar-refractivity contribution in [3.05, 3.63) is 47.5 Å². The first-order valence-electron chi connectivity index (χ1n) is 6.29. The van der Waals surface area contributed by atoms with E-state index in [1.807, 2.05) is 0 Å². The molecule has 1 heterocycles. The molecule has 0 saturated carbocycles. The summed E-state index contributed by atoms with van der Waals surface area (Å²) in [5, 5.41) is 3.83. The van der Waals surface area contributed by atoms with Crippen LogP contribution in [0.3, 0.4) is 0 Å². The summed E-state index contributed by atoms with van der Waals surface area (Å²) >= 11 is 0. The Hall–Kier alpha value is -2.38. The summed E-state index contributed by atoms with van der Waals surface area (Å²) in [6.07, 6.45) is -5.84. The molecule has 0 amide bonds. The van der Waals surface area contributed by atoms with Crippen molar-refractivity contribution < 1.29 is 27.1 Å². The minimum atomic E-state index is -4.65. The Labute approximate surface area is 123 Å². The lowest BCUT2D eigenvalue weighted by Crippen LogP contribution is -2.31. The average molecular weight is 316 g/mol. The smallest absolute Gasteiger partial charge is 0.425 e. The van der Waals surface area contributed by atoms with Crippen LogP contribution in [0.1, 0.15) is 23.0 Å². The summed E-state index contributed by atoms with van der Waals surface area (Å²) in [7, 11) is 0. The molecular formula is C14H12F4N2O2. The first-order chi connectivity index (χ1) is 10.2. The number of halogens is 4. The van der Waals surface area contributed by atoms with Gasteiger partial charge in [0.25, 0.3) is 0 Å². The Morgan fingerprint density at radius 3 is 2.55 bits per heavy atom. The van der Waals surface area contributed by atoms with Crippen molar-refractivity contribution in [3.63, 3.8) is 0 Å². The molecule has 4 nitrogen and oxygen atoms in total. The number of carbonyl (C=O) groups is 1. The Bertz CT molecular complexity index is 694. The molecule has 2 aromatic rings. The number of rotatable bonds is 3. The molecule has 0 aliphatic carbocycles. The maximum Gasteiger partial charge on any atom is 0.425 e. The van der Waals surface area contributed by atoms with Gasteiger partial charge in [-0.15, -0.1) is 0 Å². The van der Waals surface area contributed by atoms with Crippen LogP contribution >= 0.6 is 0 Å². The van der Waals surface area contributed by atoms with Crippen molar-refractivity contribution in [1.29, 1.82) is 0 Å². The number of hydrogen-bond acceptors (Lipinski definition) is 3. The summed E-state index contributed by atoms with van der Waals surface area (Å²) in [5.74, 6) is -1.73. The summed E-state index contributed by atoms with van der Waals surface area (Å²) in [5.41, 5.74) is 0.117. The highest BCUT2D eigenvalue weighted by Gasteiger charge is 2.39. The fourth-order valence-corrected chi connectivity index (χ4v) is 1.77. The Kier molecular flexibility index (Phi) is 4.20. The van der Waals surface area contributed by atoms with E-state index in [-0.39, 0.29) is 16.9 Å². The third kappa shape index (κ3) is 3.10. The van der Waals surface area contributed by atoms with E-state index in [1.54, 1.807) is 6.07 Å². The van der Waals surface area contributed by atoms with E-state index < -0.39 is 24.1 Å². The van der Waals surface area contributed by atoms with Gasteiger partial charge >= 0.3 is 12.1 Å². The predicted molar refractivity (Wildman–Crippen MR) is 69.2 cm³/mol. The zero-order valence-corrected chi connectivity index (χ0v) is 11.7. The largest absolute Gasteiger partial charge is 0.449 e. The van der Waals surface area contributed by atoms with E-state index in [2.05, 4.69) is 9.84 Å². The molecule has 118 valence electrons. The second-order valence-electron chi connectivity index (χ2n) is 4.60. The molecule has 1 aromatic carbocycles. The lowest BCUT2D eigenvalue weighted by atomic mass is 10.2. The second-order valence-corrected chi connectivity index (χ2v) is 4.60. The van der Waals surface area contributed by atoms with Crippen LogP contribution in [-0.2, 0) is 4.74 Å². The zero-order chi connectivity index (χ0) is 16.5. The highest BCUT2D eigenvalue weighted by Crippen LogP contribution is 2.24. The van der Waals surface area contributed by atoms with Gasteiger partial charge in [0, 0.05) is 0 Å². The van der Waals surface area contributed by atoms with Crippen molar-refractivity contribution in [2.45, 2.75) is 26.1 Å². The lowest BCUT2D eigenvalue weighted by Gasteiger charge is -2.16. The van der Waals surface area contributed by atoms with Crippen LogP contribution in [0.15, 0.2) is 30.5 Å². The first kappa shape index (κ1) is 16.0. The van der Waals surface area contributed by atoms with Crippen LogP contribution in [0.5, 0.6) is 0 Å². The zero-order valence-electron chi connectivity index (χ0n) is 11.7. The second kappa shape index (κ2) is 5.78. The highest BCUT2D eigenvalue weighted by atomic mass is 19.4. The fourth-order valence-electron chi connectivity index (χ4n) is 1.77. The van der Waals surface area contributed by atoms with Gasteiger partial charge in [-0.2, -0.15) is 18.3 Å². The maximum absolute atomic E-state index is 13.7. The molecule has 0 saturated heterocycles. The number of nitrogens with zero attached hydrogens (tertiary/aromatic N) is 2. The van der Waals surface area contributed by atoms with Crippen LogP contribution in [0.2, 0.25) is 0 Å². The van der Waals surface area contributed by atoms with Gasteiger partial charge < -0.3 is 4.74 Å². The number of ether oxygens (including phenoxy) is 1. The molecule has 0 radical (unpaired) electrons. The maximum atomic E-state index is 13.7. The minimum absolute atomic E-state index is 0.0860. The SMILES string of the molecule is Cc1c(C(=O)O[C@@H](C)C(F)(F)F)cnn1-c1ccccc1F. The summed E-state index contributed by atoms with van der Waals surface area (Å²) < 4.78 is 56.4. The van der Waals surface area contributed by atoms with E-state index in [1.165, 1.54) is 25.1 Å². The van der Waals surface area contributed by atoms with Gasteiger partial charge in [0.15, 0.2) is 6.10 Å². The van der Waals surface area contributed by atoms with Crippen molar-refractivity contribution in [1.82, 2.24) is 9.78 Å². The Morgan fingerprint density at radius 2 is 1.95 bits per heavy atom. The molecule has 0 N–H and O–H groups in total. The Morgan fingerprint density at radius 1 is 1.32 bits per heavy atom. The lowest BCUT2D eigenvalue weighted by molar-refractivity contribution is -0.198. The number of para-hydroxylation sites is 1.